The number of hydrogen-bond donors (Lipinski definition) is 1. The highest BCUT2D eigenvalue weighted by atomic mass is 19.1. The molecule has 1 saturated heterocycles. The van der Waals surface area contributed by atoms with E-state index in [1.54, 1.807) is 12.1 Å². The predicted molar refractivity (Wildman–Crippen MR) is 43.1 cm³/mol. The Morgan fingerprint density at radius 3 is 2.92 bits per heavy atom. The molecule has 1 aliphatic heterocycles. The molecule has 2 rings (SSSR count). The van der Waals surface area contributed by atoms with E-state index in [0.717, 1.165) is 0 Å². The van der Waals surface area contributed by atoms with E-state index in [1.165, 1.54) is 6.07 Å². The summed E-state index contributed by atoms with van der Waals surface area (Å²) in [4.78, 5) is 0. The molecule has 0 aromatic heterocycles. The molecule has 0 aliphatic carbocycles. The van der Waals surface area contributed by atoms with Gasteiger partial charge in [-0.1, -0.05) is 18.2 Å². The van der Waals surface area contributed by atoms with Crippen molar-refractivity contribution in [2.24, 2.45) is 0 Å². The minimum absolute atomic E-state index is 0.0196. The van der Waals surface area contributed by atoms with Crippen LogP contribution < -0.4 is 5.32 Å². The van der Waals surface area contributed by atoms with Crippen LogP contribution in [0, 0.1) is 5.82 Å². The molecule has 64 valence electrons. The lowest BCUT2D eigenvalue weighted by atomic mass is 10.1. The van der Waals surface area contributed by atoms with Gasteiger partial charge in [0.05, 0.1) is 19.4 Å². The molecular formula is C9H10FNO. The van der Waals surface area contributed by atoms with E-state index in [1.807, 2.05) is 6.07 Å². The van der Waals surface area contributed by atoms with Crippen LogP contribution in [0.1, 0.15) is 11.6 Å². The summed E-state index contributed by atoms with van der Waals surface area (Å²) in [7, 11) is 0. The van der Waals surface area contributed by atoms with Crippen molar-refractivity contribution in [2.75, 3.05) is 13.3 Å². The number of ether oxygens (including phenoxy) is 1. The van der Waals surface area contributed by atoms with Crippen molar-refractivity contribution in [3.05, 3.63) is 35.6 Å². The smallest absolute Gasteiger partial charge is 0.128 e. The molecule has 2 nitrogen and oxygen atoms in total. The summed E-state index contributed by atoms with van der Waals surface area (Å²) in [5.41, 5.74) is 0.690. The van der Waals surface area contributed by atoms with E-state index in [0.29, 0.717) is 18.9 Å². The third-order valence-electron chi connectivity index (χ3n) is 2.00. The number of hydrogen-bond acceptors (Lipinski definition) is 2. The van der Waals surface area contributed by atoms with Crippen molar-refractivity contribution in [3.63, 3.8) is 0 Å². The van der Waals surface area contributed by atoms with Crippen LogP contribution >= 0.6 is 0 Å². The number of halogens is 1. The minimum Gasteiger partial charge on any atom is -0.364 e. The molecule has 0 radical (unpaired) electrons. The second-order valence-corrected chi connectivity index (χ2v) is 2.79. The fourth-order valence-corrected chi connectivity index (χ4v) is 1.35. The highest BCUT2D eigenvalue weighted by Crippen LogP contribution is 2.19. The van der Waals surface area contributed by atoms with Gasteiger partial charge in [0.25, 0.3) is 0 Å². The van der Waals surface area contributed by atoms with Crippen molar-refractivity contribution in [3.8, 4) is 0 Å². The summed E-state index contributed by atoms with van der Waals surface area (Å²) in [5.74, 6) is -0.166. The third-order valence-corrected chi connectivity index (χ3v) is 2.00. The summed E-state index contributed by atoms with van der Waals surface area (Å²) >= 11 is 0. The van der Waals surface area contributed by atoms with Crippen molar-refractivity contribution >= 4 is 0 Å². The van der Waals surface area contributed by atoms with E-state index in [2.05, 4.69) is 5.32 Å². The largest absolute Gasteiger partial charge is 0.364 e. The maximum atomic E-state index is 13.1. The first-order chi connectivity index (χ1) is 5.88. The lowest BCUT2D eigenvalue weighted by Gasteiger charge is -2.08. The van der Waals surface area contributed by atoms with Crippen LogP contribution in [0.15, 0.2) is 24.3 Å². The topological polar surface area (TPSA) is 21.3 Å². The summed E-state index contributed by atoms with van der Waals surface area (Å²) < 4.78 is 18.2. The quantitative estimate of drug-likeness (QED) is 0.683. The zero-order valence-electron chi connectivity index (χ0n) is 6.59. The molecule has 12 heavy (non-hydrogen) atoms. The van der Waals surface area contributed by atoms with Gasteiger partial charge in [-0.2, -0.15) is 0 Å². The van der Waals surface area contributed by atoms with Gasteiger partial charge in [0, 0.05) is 5.56 Å². The van der Waals surface area contributed by atoms with Crippen LogP contribution in [0.4, 0.5) is 4.39 Å². The van der Waals surface area contributed by atoms with Crippen LogP contribution in [0.5, 0.6) is 0 Å². The third kappa shape index (κ3) is 1.33. The average Bonchev–Trinajstić information content (AvgIpc) is 2.57. The van der Waals surface area contributed by atoms with Crippen LogP contribution in [-0.4, -0.2) is 13.3 Å². The van der Waals surface area contributed by atoms with Gasteiger partial charge in [-0.15, -0.1) is 0 Å². The normalized spacial score (nSPS) is 22.9. The maximum Gasteiger partial charge on any atom is 0.128 e. The predicted octanol–water partition coefficient (Wildman–Crippen LogP) is 1.44. The fourth-order valence-electron chi connectivity index (χ4n) is 1.35. The maximum absolute atomic E-state index is 13.1. The molecule has 0 amide bonds. The Balaban J connectivity index is 2.26. The van der Waals surface area contributed by atoms with Gasteiger partial charge in [-0.3, -0.25) is 5.32 Å². The van der Waals surface area contributed by atoms with Gasteiger partial charge in [0.1, 0.15) is 5.82 Å². The summed E-state index contributed by atoms with van der Waals surface area (Å²) in [6.07, 6.45) is 0. The lowest BCUT2D eigenvalue weighted by molar-refractivity contribution is 0.189. The van der Waals surface area contributed by atoms with Crippen molar-refractivity contribution in [1.29, 1.82) is 0 Å². The van der Waals surface area contributed by atoms with Crippen molar-refractivity contribution in [1.82, 2.24) is 5.32 Å². The first-order valence-electron chi connectivity index (χ1n) is 3.93. The van der Waals surface area contributed by atoms with E-state index < -0.39 is 0 Å². The monoisotopic (exact) mass is 167 g/mol. The Hall–Kier alpha value is -0.930. The van der Waals surface area contributed by atoms with Crippen molar-refractivity contribution < 1.29 is 9.13 Å². The molecule has 0 unspecified atom stereocenters. The first-order valence-corrected chi connectivity index (χ1v) is 3.93. The van der Waals surface area contributed by atoms with Crippen molar-refractivity contribution in [2.45, 2.75) is 6.04 Å². The molecule has 1 aliphatic rings. The SMILES string of the molecule is Fc1ccccc1[C@@H]1COCN1. The molecule has 0 saturated carbocycles. The number of nitrogens with one attached hydrogen (secondary N) is 1. The summed E-state index contributed by atoms with van der Waals surface area (Å²) in [6, 6.07) is 6.79. The van der Waals surface area contributed by atoms with Gasteiger partial charge in [0.15, 0.2) is 0 Å². The minimum atomic E-state index is -0.166. The van der Waals surface area contributed by atoms with Gasteiger partial charge >= 0.3 is 0 Å². The Morgan fingerprint density at radius 1 is 1.42 bits per heavy atom. The van der Waals surface area contributed by atoms with Crippen LogP contribution in [0.2, 0.25) is 0 Å². The molecule has 1 N–H and O–H groups in total. The fraction of sp³-hybridized carbons (Fsp3) is 0.333. The molecule has 3 heteroatoms. The standard InChI is InChI=1S/C9H10FNO/c10-8-4-2-1-3-7(8)9-5-12-6-11-9/h1-4,9,11H,5-6H2/t9-/m0/s1. The second-order valence-electron chi connectivity index (χ2n) is 2.79. The molecule has 1 heterocycles. The molecule has 1 aromatic carbocycles. The van der Waals surface area contributed by atoms with Gasteiger partial charge < -0.3 is 4.74 Å². The highest BCUT2D eigenvalue weighted by Gasteiger charge is 2.18. The summed E-state index contributed by atoms with van der Waals surface area (Å²) in [5, 5.41) is 3.05. The summed E-state index contributed by atoms with van der Waals surface area (Å²) in [6.45, 7) is 1.07. The van der Waals surface area contributed by atoms with E-state index >= 15 is 0 Å². The zero-order chi connectivity index (χ0) is 8.39. The Labute approximate surface area is 70.3 Å². The van der Waals surface area contributed by atoms with Gasteiger partial charge in [0.2, 0.25) is 0 Å². The van der Waals surface area contributed by atoms with Crippen LogP contribution in [0.3, 0.4) is 0 Å². The molecule has 1 fully saturated rings. The molecule has 1 aromatic rings. The molecular weight excluding hydrogens is 157 g/mol. The molecule has 1 atom stereocenters. The van der Waals surface area contributed by atoms with Crippen LogP contribution in [0.25, 0.3) is 0 Å². The number of rotatable bonds is 1. The zero-order valence-corrected chi connectivity index (χ0v) is 6.59. The van der Waals surface area contributed by atoms with Crippen LogP contribution in [-0.2, 0) is 4.74 Å². The highest BCUT2D eigenvalue weighted by molar-refractivity contribution is 5.21. The van der Waals surface area contributed by atoms with E-state index in [4.69, 9.17) is 4.74 Å². The van der Waals surface area contributed by atoms with E-state index in [9.17, 15) is 4.39 Å². The molecule has 0 spiro atoms. The Morgan fingerprint density at radius 2 is 2.25 bits per heavy atom. The van der Waals surface area contributed by atoms with E-state index in [-0.39, 0.29) is 11.9 Å². The average molecular weight is 167 g/mol. The lowest BCUT2D eigenvalue weighted by Crippen LogP contribution is -2.15. The number of benzene rings is 1. The Bertz CT molecular complexity index is 271. The molecule has 0 bridgehead atoms. The second kappa shape index (κ2) is 3.21. The Kier molecular flexibility index (Phi) is 2.06. The first kappa shape index (κ1) is 7.71. The van der Waals surface area contributed by atoms with Gasteiger partial charge in [-0.25, -0.2) is 4.39 Å². The van der Waals surface area contributed by atoms with Gasteiger partial charge in [-0.05, 0) is 6.07 Å².